The average Bonchev–Trinajstić information content (AvgIpc) is 2.80. The van der Waals surface area contributed by atoms with Gasteiger partial charge in [0.25, 0.3) is 17.2 Å². The van der Waals surface area contributed by atoms with Gasteiger partial charge in [0.2, 0.25) is 0 Å². The molecule has 0 unspecified atom stereocenters. The number of aromatic nitrogens is 2. The Hall–Kier alpha value is -4.34. The lowest BCUT2D eigenvalue weighted by Crippen LogP contribution is -2.41. The van der Waals surface area contributed by atoms with E-state index in [9.17, 15) is 19.2 Å². The summed E-state index contributed by atoms with van der Waals surface area (Å²) in [5.41, 5.74) is 1.67. The van der Waals surface area contributed by atoms with Gasteiger partial charge in [0.15, 0.2) is 0 Å². The number of H-pyrrole nitrogens is 1. The van der Waals surface area contributed by atoms with Crippen molar-refractivity contribution in [3.05, 3.63) is 69.6 Å². The lowest BCUT2D eigenvalue weighted by molar-refractivity contribution is -0.153. The largest absolute Gasteiger partial charge is 0.460 e. The van der Waals surface area contributed by atoms with Gasteiger partial charge >= 0.3 is 5.97 Å². The summed E-state index contributed by atoms with van der Waals surface area (Å²) < 4.78 is 4.89. The van der Waals surface area contributed by atoms with Crippen LogP contribution in [0.25, 0.3) is 11.0 Å². The van der Waals surface area contributed by atoms with Crippen molar-refractivity contribution in [3.8, 4) is 0 Å². The Morgan fingerprint density at radius 1 is 1.14 bits per heavy atom. The number of hydrazone groups is 1. The summed E-state index contributed by atoms with van der Waals surface area (Å²) in [7, 11) is 3.10. The maximum absolute atomic E-state index is 13.4. The minimum atomic E-state index is -1.70. The van der Waals surface area contributed by atoms with Crippen molar-refractivity contribution >= 4 is 40.1 Å². The monoisotopic (exact) mass is 477 g/mol. The summed E-state index contributed by atoms with van der Waals surface area (Å²) in [5.74, 6) is -4.78. The number of amides is 1. The number of benzene rings is 2. The van der Waals surface area contributed by atoms with Gasteiger partial charge in [-0.2, -0.15) is 5.10 Å². The molecular formula is C25H27N5O5. The Balaban J connectivity index is 2.19. The molecule has 0 aliphatic carbocycles. The number of esters is 1. The molecule has 0 saturated heterocycles. The van der Waals surface area contributed by atoms with Gasteiger partial charge in [-0.3, -0.25) is 14.4 Å². The van der Waals surface area contributed by atoms with E-state index in [4.69, 9.17) is 4.74 Å². The fraction of sp³-hybridized carbons (Fsp3) is 0.280. The zero-order chi connectivity index (χ0) is 25.7. The number of ketones is 1. The highest BCUT2D eigenvalue weighted by molar-refractivity contribution is 6.54. The van der Waals surface area contributed by atoms with Crippen molar-refractivity contribution < 1.29 is 19.1 Å². The Morgan fingerprint density at radius 2 is 1.86 bits per heavy atom. The van der Waals surface area contributed by atoms with Crippen LogP contribution >= 0.6 is 0 Å². The van der Waals surface area contributed by atoms with Crippen molar-refractivity contribution in [2.24, 2.45) is 5.10 Å². The van der Waals surface area contributed by atoms with E-state index in [-0.39, 0.29) is 18.0 Å². The van der Waals surface area contributed by atoms with Crippen LogP contribution < -0.4 is 10.9 Å². The molecule has 0 saturated carbocycles. The van der Waals surface area contributed by atoms with Crippen LogP contribution in [0.4, 0.5) is 5.69 Å². The first-order chi connectivity index (χ1) is 16.6. The summed E-state index contributed by atoms with van der Waals surface area (Å²) in [5, 5.41) is 8.24. The summed E-state index contributed by atoms with van der Waals surface area (Å²) in [6.45, 7) is 5.22. The number of aryl methyl sites for hydroxylation is 2. The average molecular weight is 478 g/mol. The number of fused-ring (bicyclic) bond motifs is 1. The normalized spacial score (nSPS) is 12.2. The topological polar surface area (TPSA) is 134 Å². The predicted molar refractivity (Wildman–Crippen MR) is 132 cm³/mol. The molecule has 10 nitrogen and oxygen atoms in total. The molecule has 0 aliphatic heterocycles. The van der Waals surface area contributed by atoms with Gasteiger partial charge in [0.1, 0.15) is 17.3 Å². The molecule has 0 bridgehead atoms. The van der Waals surface area contributed by atoms with E-state index in [0.717, 1.165) is 11.1 Å². The van der Waals surface area contributed by atoms with Gasteiger partial charge in [0, 0.05) is 19.8 Å². The summed E-state index contributed by atoms with van der Waals surface area (Å²) in [4.78, 5) is 59.2. The molecule has 10 heteroatoms. The number of carbonyl (C=O) groups is 3. The van der Waals surface area contributed by atoms with E-state index in [0.29, 0.717) is 16.7 Å². The van der Waals surface area contributed by atoms with Crippen LogP contribution in [-0.2, 0) is 19.1 Å². The van der Waals surface area contributed by atoms with Crippen molar-refractivity contribution in [3.63, 3.8) is 0 Å². The minimum Gasteiger partial charge on any atom is -0.460 e. The Bertz CT molecular complexity index is 1380. The van der Waals surface area contributed by atoms with Crippen LogP contribution in [0.5, 0.6) is 0 Å². The zero-order valence-corrected chi connectivity index (χ0v) is 20.2. The number of para-hydroxylation sites is 2. The number of anilines is 1. The van der Waals surface area contributed by atoms with Gasteiger partial charge in [-0.15, -0.1) is 0 Å². The van der Waals surface area contributed by atoms with Crippen LogP contribution in [0.15, 0.2) is 52.4 Å². The molecule has 1 aromatic heterocycles. The SMILES string of the molecule is CCOC(=O)C(=O)[C@H](/C(=N/N(C)C)C(=O)Nc1ccc(C)cc1C)c1nc2ccccc2[nH]c1=O. The number of rotatable bonds is 8. The Kier molecular flexibility index (Phi) is 7.75. The first kappa shape index (κ1) is 25.3. The smallest absolute Gasteiger partial charge is 0.375 e. The van der Waals surface area contributed by atoms with E-state index in [1.165, 1.54) is 5.01 Å². The molecule has 1 amide bonds. The number of Topliss-reactive ketones (excluding diaryl/α,β-unsaturated/α-hetero) is 1. The van der Waals surface area contributed by atoms with Crippen LogP contribution in [0, 0.1) is 13.8 Å². The number of hydrogen-bond donors (Lipinski definition) is 2. The van der Waals surface area contributed by atoms with E-state index in [1.807, 2.05) is 26.0 Å². The van der Waals surface area contributed by atoms with Crippen LogP contribution in [0.1, 0.15) is 29.7 Å². The highest BCUT2D eigenvalue weighted by Crippen LogP contribution is 2.21. The number of ether oxygens (including phenoxy) is 1. The van der Waals surface area contributed by atoms with Crippen LogP contribution in [0.2, 0.25) is 0 Å². The molecule has 2 N–H and O–H groups in total. The third kappa shape index (κ3) is 5.78. The van der Waals surface area contributed by atoms with Crippen molar-refractivity contribution in [2.75, 3.05) is 26.0 Å². The number of nitrogens with zero attached hydrogens (tertiary/aromatic N) is 3. The third-order valence-electron chi connectivity index (χ3n) is 5.08. The van der Waals surface area contributed by atoms with Crippen molar-refractivity contribution in [1.82, 2.24) is 15.0 Å². The maximum atomic E-state index is 13.4. The second kappa shape index (κ2) is 10.7. The van der Waals surface area contributed by atoms with Crippen LogP contribution in [0.3, 0.4) is 0 Å². The molecule has 0 radical (unpaired) electrons. The molecule has 182 valence electrons. The predicted octanol–water partition coefficient (Wildman–Crippen LogP) is 2.31. The highest BCUT2D eigenvalue weighted by atomic mass is 16.5. The quantitative estimate of drug-likeness (QED) is 0.220. The Labute approximate surface area is 202 Å². The molecule has 3 rings (SSSR count). The minimum absolute atomic E-state index is 0.0618. The highest BCUT2D eigenvalue weighted by Gasteiger charge is 2.39. The van der Waals surface area contributed by atoms with Crippen molar-refractivity contribution in [2.45, 2.75) is 26.7 Å². The molecule has 0 fully saturated rings. The first-order valence-corrected chi connectivity index (χ1v) is 11.0. The standard InChI is InChI=1S/C25H27N5O5/c1-6-35-25(34)22(31)19(20-23(32)28-18-10-8-7-9-17(18)26-20)21(29-30(4)5)24(33)27-16-12-11-14(2)13-15(16)3/h7-13,19H,6H2,1-5H3,(H,27,33)(H,28,32)/b29-21-/t19-/m0/s1. The van der Waals surface area contributed by atoms with Crippen LogP contribution in [-0.4, -0.2) is 59.1 Å². The molecule has 1 heterocycles. The number of hydrogen-bond acceptors (Lipinski definition) is 8. The lowest BCUT2D eigenvalue weighted by atomic mass is 9.93. The lowest BCUT2D eigenvalue weighted by Gasteiger charge is -2.19. The third-order valence-corrected chi connectivity index (χ3v) is 5.08. The first-order valence-electron chi connectivity index (χ1n) is 11.0. The number of nitrogens with one attached hydrogen (secondary N) is 2. The fourth-order valence-electron chi connectivity index (χ4n) is 3.53. The van der Waals surface area contributed by atoms with E-state index < -0.39 is 29.1 Å². The zero-order valence-electron chi connectivity index (χ0n) is 20.2. The number of carbonyl (C=O) groups excluding carboxylic acids is 3. The summed E-state index contributed by atoms with van der Waals surface area (Å²) in [6, 6.07) is 12.1. The van der Waals surface area contributed by atoms with E-state index in [1.54, 1.807) is 51.4 Å². The van der Waals surface area contributed by atoms with Gasteiger partial charge in [0.05, 0.1) is 17.6 Å². The van der Waals surface area contributed by atoms with Gasteiger partial charge in [-0.1, -0.05) is 29.8 Å². The molecule has 1 atom stereocenters. The fourth-order valence-corrected chi connectivity index (χ4v) is 3.53. The van der Waals surface area contributed by atoms with Gasteiger partial charge in [-0.05, 0) is 44.5 Å². The summed E-state index contributed by atoms with van der Waals surface area (Å²) >= 11 is 0. The van der Waals surface area contributed by atoms with E-state index in [2.05, 4.69) is 20.4 Å². The summed E-state index contributed by atoms with van der Waals surface area (Å²) in [6.07, 6.45) is 0. The molecular weight excluding hydrogens is 450 g/mol. The van der Waals surface area contributed by atoms with E-state index >= 15 is 0 Å². The second-order valence-electron chi connectivity index (χ2n) is 8.09. The van der Waals surface area contributed by atoms with Gasteiger partial charge < -0.3 is 20.0 Å². The number of aromatic amines is 1. The maximum Gasteiger partial charge on any atom is 0.375 e. The second-order valence-corrected chi connectivity index (χ2v) is 8.09. The van der Waals surface area contributed by atoms with Crippen molar-refractivity contribution in [1.29, 1.82) is 0 Å². The molecule has 0 spiro atoms. The molecule has 0 aliphatic rings. The van der Waals surface area contributed by atoms with Gasteiger partial charge in [-0.25, -0.2) is 9.78 Å². The molecule has 2 aromatic carbocycles. The molecule has 3 aromatic rings. The molecule has 35 heavy (non-hydrogen) atoms. The Morgan fingerprint density at radius 3 is 2.51 bits per heavy atom.